The normalized spacial score (nSPS) is 18.1. The Kier molecular flexibility index (Phi) is 5.48. The highest BCUT2D eigenvalue weighted by Crippen LogP contribution is 2.31. The van der Waals surface area contributed by atoms with Gasteiger partial charge in [0.25, 0.3) is 0 Å². The maximum Gasteiger partial charge on any atom is 0.227 e. The number of halogens is 1. The van der Waals surface area contributed by atoms with Crippen molar-refractivity contribution in [1.82, 2.24) is 5.32 Å². The van der Waals surface area contributed by atoms with Crippen LogP contribution in [0.1, 0.15) is 30.6 Å². The maximum absolute atomic E-state index is 12.0. The Bertz CT molecular complexity index is 766. The van der Waals surface area contributed by atoms with Crippen LogP contribution in [0.3, 0.4) is 0 Å². The summed E-state index contributed by atoms with van der Waals surface area (Å²) in [5.74, 6) is 0.400. The Hall–Kier alpha value is -1.56. The minimum Gasteiger partial charge on any atom is -0.371 e. The molecule has 2 N–H and O–H groups in total. The minimum atomic E-state index is 0.165. The van der Waals surface area contributed by atoms with Crippen molar-refractivity contribution < 1.29 is 4.79 Å². The largest absolute Gasteiger partial charge is 0.371 e. The predicted octanol–water partition coefficient (Wildman–Crippen LogP) is 4.51. The molecule has 4 nitrogen and oxygen atoms in total. The summed E-state index contributed by atoms with van der Waals surface area (Å²) in [7, 11) is 0. The fourth-order valence-electron chi connectivity index (χ4n) is 3.40. The number of carbonyl (C=O) groups excluding carboxylic acids is 1. The number of amides is 1. The van der Waals surface area contributed by atoms with E-state index in [4.69, 9.17) is 11.6 Å². The first kappa shape index (κ1) is 17.8. The zero-order chi connectivity index (χ0) is 17.9. The van der Waals surface area contributed by atoms with E-state index >= 15 is 0 Å². The molecule has 1 amide bonds. The van der Waals surface area contributed by atoms with Crippen LogP contribution in [0.25, 0.3) is 0 Å². The molecule has 2 heterocycles. The fraction of sp³-hybridized carbons (Fsp3) is 0.450. The van der Waals surface area contributed by atoms with E-state index in [1.165, 1.54) is 10.6 Å². The average Bonchev–Trinajstić information content (AvgIpc) is 3.43. The lowest BCUT2D eigenvalue weighted by atomic mass is 10.0. The molecule has 1 aromatic carbocycles. The second kappa shape index (κ2) is 7.99. The van der Waals surface area contributed by atoms with Crippen LogP contribution < -0.4 is 15.5 Å². The van der Waals surface area contributed by atoms with Crippen LogP contribution in [0.5, 0.6) is 0 Å². The van der Waals surface area contributed by atoms with Crippen LogP contribution in [0, 0.1) is 5.92 Å². The molecule has 0 atom stereocenters. The Morgan fingerprint density at radius 3 is 2.65 bits per heavy atom. The van der Waals surface area contributed by atoms with Crippen molar-refractivity contribution in [3.8, 4) is 0 Å². The molecule has 1 aliphatic heterocycles. The second-order valence-electron chi connectivity index (χ2n) is 7.16. The third kappa shape index (κ3) is 4.58. The SMILES string of the molecule is O=C(Nc1cccc(N2CCC(NCc3ccc(Cl)s3)CC2)c1)C1CC1. The van der Waals surface area contributed by atoms with Crippen molar-refractivity contribution >= 4 is 40.2 Å². The number of carbonyl (C=O) groups is 1. The van der Waals surface area contributed by atoms with Crippen LogP contribution in [0.4, 0.5) is 11.4 Å². The van der Waals surface area contributed by atoms with E-state index in [1.54, 1.807) is 11.3 Å². The lowest BCUT2D eigenvalue weighted by Gasteiger charge is -2.34. The highest BCUT2D eigenvalue weighted by atomic mass is 35.5. The number of benzene rings is 1. The predicted molar refractivity (Wildman–Crippen MR) is 109 cm³/mol. The molecule has 1 saturated heterocycles. The molecule has 0 spiro atoms. The van der Waals surface area contributed by atoms with Crippen molar-refractivity contribution in [2.24, 2.45) is 5.92 Å². The fourth-order valence-corrected chi connectivity index (χ4v) is 4.44. The van der Waals surface area contributed by atoms with E-state index in [9.17, 15) is 4.79 Å². The van der Waals surface area contributed by atoms with Crippen LogP contribution in [0.15, 0.2) is 36.4 Å². The first-order chi connectivity index (χ1) is 12.7. The topological polar surface area (TPSA) is 44.4 Å². The van der Waals surface area contributed by atoms with Gasteiger partial charge in [-0.25, -0.2) is 0 Å². The van der Waals surface area contributed by atoms with E-state index < -0.39 is 0 Å². The maximum atomic E-state index is 12.0. The van der Waals surface area contributed by atoms with Gasteiger partial charge in [0.2, 0.25) is 5.91 Å². The minimum absolute atomic E-state index is 0.165. The number of nitrogens with zero attached hydrogens (tertiary/aromatic N) is 1. The van der Waals surface area contributed by atoms with Crippen LogP contribution in [-0.4, -0.2) is 25.0 Å². The van der Waals surface area contributed by atoms with Gasteiger partial charge in [-0.05, 0) is 56.0 Å². The Morgan fingerprint density at radius 2 is 1.96 bits per heavy atom. The van der Waals surface area contributed by atoms with Crippen LogP contribution >= 0.6 is 22.9 Å². The van der Waals surface area contributed by atoms with E-state index in [2.05, 4.69) is 33.7 Å². The molecule has 2 aromatic rings. The van der Waals surface area contributed by atoms with Gasteiger partial charge in [0, 0.05) is 47.8 Å². The van der Waals surface area contributed by atoms with Crippen molar-refractivity contribution in [3.05, 3.63) is 45.6 Å². The summed E-state index contributed by atoms with van der Waals surface area (Å²) in [4.78, 5) is 15.7. The van der Waals surface area contributed by atoms with Crippen molar-refractivity contribution in [2.75, 3.05) is 23.3 Å². The average molecular weight is 390 g/mol. The third-order valence-corrected chi connectivity index (χ3v) is 6.35. The molecule has 1 aliphatic carbocycles. The van der Waals surface area contributed by atoms with Crippen LogP contribution in [-0.2, 0) is 11.3 Å². The van der Waals surface area contributed by atoms with E-state index in [0.717, 1.165) is 55.3 Å². The molecule has 26 heavy (non-hydrogen) atoms. The second-order valence-corrected chi connectivity index (χ2v) is 8.96. The summed E-state index contributed by atoms with van der Waals surface area (Å²) in [5.41, 5.74) is 2.11. The lowest BCUT2D eigenvalue weighted by Crippen LogP contribution is -2.42. The summed E-state index contributed by atoms with van der Waals surface area (Å²) in [6.07, 6.45) is 4.31. The van der Waals surface area contributed by atoms with Gasteiger partial charge in [0.1, 0.15) is 0 Å². The van der Waals surface area contributed by atoms with Crippen molar-refractivity contribution in [1.29, 1.82) is 0 Å². The summed E-state index contributed by atoms with van der Waals surface area (Å²) in [6, 6.07) is 12.8. The first-order valence-electron chi connectivity index (χ1n) is 9.31. The smallest absolute Gasteiger partial charge is 0.227 e. The van der Waals surface area contributed by atoms with Gasteiger partial charge < -0.3 is 15.5 Å². The molecular formula is C20H24ClN3OS. The highest BCUT2D eigenvalue weighted by molar-refractivity contribution is 7.16. The van der Waals surface area contributed by atoms with Crippen molar-refractivity contribution in [2.45, 2.75) is 38.3 Å². The number of thiophene rings is 1. The molecule has 2 fully saturated rings. The molecule has 0 radical (unpaired) electrons. The van der Waals surface area contributed by atoms with Gasteiger partial charge >= 0.3 is 0 Å². The number of piperidine rings is 1. The standard InChI is InChI=1S/C20H24ClN3OS/c21-19-7-6-18(26-19)13-22-15-8-10-24(11-9-15)17-3-1-2-16(12-17)23-20(25)14-4-5-14/h1-3,6-7,12,14-15,22H,4-5,8-11,13H2,(H,23,25). The summed E-state index contributed by atoms with van der Waals surface area (Å²) >= 11 is 7.64. The number of hydrogen-bond donors (Lipinski definition) is 2. The Morgan fingerprint density at radius 1 is 1.15 bits per heavy atom. The van der Waals surface area contributed by atoms with Gasteiger partial charge in [-0.1, -0.05) is 17.7 Å². The molecule has 6 heteroatoms. The Balaban J connectivity index is 1.28. The molecule has 1 aromatic heterocycles. The van der Waals surface area contributed by atoms with E-state index in [1.807, 2.05) is 18.2 Å². The van der Waals surface area contributed by atoms with Gasteiger partial charge in [-0.2, -0.15) is 0 Å². The Labute approximate surface area is 163 Å². The molecule has 0 unspecified atom stereocenters. The number of anilines is 2. The van der Waals surface area contributed by atoms with E-state index in [0.29, 0.717) is 6.04 Å². The molecule has 4 rings (SSSR count). The zero-order valence-electron chi connectivity index (χ0n) is 14.7. The van der Waals surface area contributed by atoms with Crippen LogP contribution in [0.2, 0.25) is 4.34 Å². The van der Waals surface area contributed by atoms with Crippen molar-refractivity contribution in [3.63, 3.8) is 0 Å². The number of rotatable bonds is 6. The molecular weight excluding hydrogens is 366 g/mol. The lowest BCUT2D eigenvalue weighted by molar-refractivity contribution is -0.117. The molecule has 0 bridgehead atoms. The van der Waals surface area contributed by atoms with Gasteiger partial charge in [-0.15, -0.1) is 11.3 Å². The highest BCUT2D eigenvalue weighted by Gasteiger charge is 2.29. The summed E-state index contributed by atoms with van der Waals surface area (Å²) < 4.78 is 0.852. The monoisotopic (exact) mass is 389 g/mol. The summed E-state index contributed by atoms with van der Waals surface area (Å²) in [5, 5.41) is 6.69. The molecule has 2 aliphatic rings. The van der Waals surface area contributed by atoms with Gasteiger partial charge in [-0.3, -0.25) is 4.79 Å². The summed E-state index contributed by atoms with van der Waals surface area (Å²) in [6.45, 7) is 2.95. The van der Waals surface area contributed by atoms with E-state index in [-0.39, 0.29) is 11.8 Å². The third-order valence-electron chi connectivity index (χ3n) is 5.12. The quantitative estimate of drug-likeness (QED) is 0.764. The molecule has 138 valence electrons. The number of nitrogens with one attached hydrogen (secondary N) is 2. The first-order valence-corrected chi connectivity index (χ1v) is 10.5. The number of hydrogen-bond acceptors (Lipinski definition) is 4. The van der Waals surface area contributed by atoms with Gasteiger partial charge in [0.15, 0.2) is 0 Å². The molecule has 1 saturated carbocycles. The van der Waals surface area contributed by atoms with Gasteiger partial charge in [0.05, 0.1) is 4.34 Å². The zero-order valence-corrected chi connectivity index (χ0v) is 16.3.